The zero-order valence-electron chi connectivity index (χ0n) is 13.3. The maximum absolute atomic E-state index is 12.6. The van der Waals surface area contributed by atoms with Gasteiger partial charge in [-0.15, -0.1) is 6.58 Å². The summed E-state index contributed by atoms with van der Waals surface area (Å²) < 4.78 is 1.68. The molecule has 0 atom stereocenters. The number of hydrogen-bond donors (Lipinski definition) is 0. The Labute approximate surface area is 145 Å². The molecule has 0 saturated carbocycles. The third-order valence-corrected chi connectivity index (χ3v) is 4.49. The van der Waals surface area contributed by atoms with Crippen LogP contribution in [0.15, 0.2) is 83.3 Å². The summed E-state index contributed by atoms with van der Waals surface area (Å²) >= 11 is 1.55. The van der Waals surface area contributed by atoms with E-state index in [1.54, 1.807) is 22.4 Å². The molecule has 120 valence electrons. The minimum absolute atomic E-state index is 0.0185. The van der Waals surface area contributed by atoms with Gasteiger partial charge in [0.2, 0.25) is 0 Å². The molecule has 0 aliphatic heterocycles. The summed E-state index contributed by atoms with van der Waals surface area (Å²) in [5.41, 5.74) is 1.88. The normalized spacial score (nSPS) is 11.2. The number of benzene rings is 2. The van der Waals surface area contributed by atoms with E-state index in [0.29, 0.717) is 11.9 Å². The molecule has 0 amide bonds. The standard InChI is InChI=1S/C20H18N2OS/c1-2-14-22-19(23)17-12-6-7-13-18(17)21-20(22)24-15-8-11-16-9-4-3-5-10-16/h2-13H,1,14-15H2. The molecule has 0 bridgehead atoms. The second kappa shape index (κ2) is 7.79. The first-order chi connectivity index (χ1) is 11.8. The molecule has 0 aliphatic carbocycles. The van der Waals surface area contributed by atoms with Gasteiger partial charge in [0.15, 0.2) is 5.16 Å². The average Bonchev–Trinajstić information content (AvgIpc) is 2.63. The number of para-hydroxylation sites is 1. The number of hydrogen-bond acceptors (Lipinski definition) is 3. The third kappa shape index (κ3) is 3.66. The van der Waals surface area contributed by atoms with Crippen molar-refractivity contribution in [3.63, 3.8) is 0 Å². The molecule has 0 spiro atoms. The lowest BCUT2D eigenvalue weighted by Gasteiger charge is -2.10. The molecular formula is C20H18N2OS. The zero-order valence-corrected chi connectivity index (χ0v) is 14.1. The lowest BCUT2D eigenvalue weighted by atomic mass is 10.2. The number of allylic oxidation sites excluding steroid dienone is 1. The van der Waals surface area contributed by atoms with Crippen LogP contribution in [0, 0.1) is 0 Å². The van der Waals surface area contributed by atoms with Gasteiger partial charge < -0.3 is 0 Å². The van der Waals surface area contributed by atoms with E-state index in [4.69, 9.17) is 0 Å². The Bertz CT molecular complexity index is 929. The van der Waals surface area contributed by atoms with Gasteiger partial charge in [-0.05, 0) is 17.7 Å². The highest BCUT2D eigenvalue weighted by Crippen LogP contribution is 2.18. The second-order valence-corrected chi connectivity index (χ2v) is 6.23. The topological polar surface area (TPSA) is 34.9 Å². The molecule has 3 rings (SSSR count). The van der Waals surface area contributed by atoms with E-state index >= 15 is 0 Å². The van der Waals surface area contributed by atoms with Crippen molar-refractivity contribution in [2.24, 2.45) is 0 Å². The Morgan fingerprint density at radius 3 is 2.62 bits per heavy atom. The van der Waals surface area contributed by atoms with Crippen molar-refractivity contribution in [1.82, 2.24) is 9.55 Å². The van der Waals surface area contributed by atoms with Gasteiger partial charge in [-0.1, -0.05) is 72.5 Å². The predicted octanol–water partition coefficient (Wildman–Crippen LogP) is 4.39. The largest absolute Gasteiger partial charge is 0.283 e. The van der Waals surface area contributed by atoms with E-state index in [1.165, 1.54) is 0 Å². The molecule has 0 radical (unpaired) electrons. The molecule has 3 aromatic rings. The smallest absolute Gasteiger partial charge is 0.262 e. The van der Waals surface area contributed by atoms with Crippen LogP contribution >= 0.6 is 11.8 Å². The van der Waals surface area contributed by atoms with Crippen molar-refractivity contribution in [2.75, 3.05) is 5.75 Å². The fourth-order valence-electron chi connectivity index (χ4n) is 2.42. The van der Waals surface area contributed by atoms with E-state index in [0.717, 1.165) is 22.0 Å². The monoisotopic (exact) mass is 334 g/mol. The highest BCUT2D eigenvalue weighted by molar-refractivity contribution is 7.99. The summed E-state index contributed by atoms with van der Waals surface area (Å²) in [5, 5.41) is 1.36. The molecular weight excluding hydrogens is 316 g/mol. The van der Waals surface area contributed by atoms with Crippen molar-refractivity contribution in [1.29, 1.82) is 0 Å². The maximum Gasteiger partial charge on any atom is 0.262 e. The van der Waals surface area contributed by atoms with Gasteiger partial charge in [0.25, 0.3) is 5.56 Å². The molecule has 2 aromatic carbocycles. The first-order valence-corrected chi connectivity index (χ1v) is 8.73. The van der Waals surface area contributed by atoms with Crippen LogP contribution in [-0.2, 0) is 6.54 Å². The van der Waals surface area contributed by atoms with Crippen LogP contribution in [-0.4, -0.2) is 15.3 Å². The van der Waals surface area contributed by atoms with Crippen molar-refractivity contribution < 1.29 is 0 Å². The minimum atomic E-state index is -0.0185. The van der Waals surface area contributed by atoms with Gasteiger partial charge >= 0.3 is 0 Å². The van der Waals surface area contributed by atoms with Crippen LogP contribution in [0.2, 0.25) is 0 Å². The molecule has 1 heterocycles. The molecule has 4 heteroatoms. The molecule has 0 saturated heterocycles. The Balaban J connectivity index is 1.85. The van der Waals surface area contributed by atoms with Crippen molar-refractivity contribution in [3.05, 3.63) is 89.2 Å². The Kier molecular flexibility index (Phi) is 5.29. The van der Waals surface area contributed by atoms with E-state index < -0.39 is 0 Å². The van der Waals surface area contributed by atoms with Gasteiger partial charge in [0.1, 0.15) is 0 Å². The first kappa shape index (κ1) is 16.3. The van der Waals surface area contributed by atoms with Crippen LogP contribution < -0.4 is 5.56 Å². The van der Waals surface area contributed by atoms with Crippen LogP contribution in [0.1, 0.15) is 5.56 Å². The highest BCUT2D eigenvalue weighted by Gasteiger charge is 2.09. The predicted molar refractivity (Wildman–Crippen MR) is 102 cm³/mol. The van der Waals surface area contributed by atoms with Crippen LogP contribution in [0.4, 0.5) is 0 Å². The highest BCUT2D eigenvalue weighted by atomic mass is 32.2. The number of aromatic nitrogens is 2. The summed E-state index contributed by atoms with van der Waals surface area (Å²) in [6.07, 6.45) is 5.88. The summed E-state index contributed by atoms with van der Waals surface area (Å²) in [7, 11) is 0. The molecule has 0 aliphatic rings. The molecule has 0 unspecified atom stereocenters. The molecule has 0 fully saturated rings. The minimum Gasteiger partial charge on any atom is -0.283 e. The zero-order chi connectivity index (χ0) is 16.8. The SMILES string of the molecule is C=CCn1c(SCC=Cc2ccccc2)nc2ccccc2c1=O. The fraction of sp³-hybridized carbons (Fsp3) is 0.100. The third-order valence-electron chi connectivity index (χ3n) is 3.56. The second-order valence-electron chi connectivity index (χ2n) is 5.24. The number of fused-ring (bicyclic) bond motifs is 1. The lowest BCUT2D eigenvalue weighted by molar-refractivity contribution is 0.672. The van der Waals surface area contributed by atoms with E-state index in [2.05, 4.69) is 35.8 Å². The Morgan fingerprint density at radius 1 is 1.08 bits per heavy atom. The van der Waals surface area contributed by atoms with Gasteiger partial charge in [-0.2, -0.15) is 0 Å². The van der Waals surface area contributed by atoms with Gasteiger partial charge in [-0.3, -0.25) is 9.36 Å². The lowest BCUT2D eigenvalue weighted by Crippen LogP contribution is -2.22. The van der Waals surface area contributed by atoms with Gasteiger partial charge in [0.05, 0.1) is 10.9 Å². The maximum atomic E-state index is 12.6. The summed E-state index contributed by atoms with van der Waals surface area (Å²) in [5.74, 6) is 0.747. The van der Waals surface area contributed by atoms with E-state index in [9.17, 15) is 4.79 Å². The van der Waals surface area contributed by atoms with E-state index in [-0.39, 0.29) is 5.56 Å². The van der Waals surface area contributed by atoms with Crippen LogP contribution in [0.25, 0.3) is 17.0 Å². The number of rotatable bonds is 6. The Morgan fingerprint density at radius 2 is 1.83 bits per heavy atom. The van der Waals surface area contributed by atoms with Crippen molar-refractivity contribution in [2.45, 2.75) is 11.7 Å². The summed E-state index contributed by atoms with van der Waals surface area (Å²) in [6, 6.07) is 17.6. The fourth-order valence-corrected chi connectivity index (χ4v) is 3.24. The van der Waals surface area contributed by atoms with Gasteiger partial charge in [-0.25, -0.2) is 4.98 Å². The average molecular weight is 334 g/mol. The first-order valence-electron chi connectivity index (χ1n) is 7.74. The molecule has 0 N–H and O–H groups in total. The molecule has 24 heavy (non-hydrogen) atoms. The summed E-state index contributed by atoms with van der Waals surface area (Å²) in [6.45, 7) is 4.20. The van der Waals surface area contributed by atoms with E-state index in [1.807, 2.05) is 42.5 Å². The summed E-state index contributed by atoms with van der Waals surface area (Å²) in [4.78, 5) is 17.3. The quantitative estimate of drug-likeness (QED) is 0.381. The van der Waals surface area contributed by atoms with Crippen molar-refractivity contribution in [3.8, 4) is 0 Å². The Hall–Kier alpha value is -2.59. The van der Waals surface area contributed by atoms with Crippen LogP contribution in [0.5, 0.6) is 0 Å². The van der Waals surface area contributed by atoms with Gasteiger partial charge in [0, 0.05) is 12.3 Å². The van der Waals surface area contributed by atoms with Crippen LogP contribution in [0.3, 0.4) is 0 Å². The number of thioether (sulfide) groups is 1. The molecule has 1 aromatic heterocycles. The number of nitrogens with zero attached hydrogens (tertiary/aromatic N) is 2. The van der Waals surface area contributed by atoms with Crippen molar-refractivity contribution >= 4 is 28.7 Å². The molecule has 3 nitrogen and oxygen atoms in total.